The number of carbonyl (C=O) groups is 1. The lowest BCUT2D eigenvalue weighted by atomic mass is 10.0. The van der Waals surface area contributed by atoms with Crippen molar-refractivity contribution in [1.82, 2.24) is 4.90 Å². The largest absolute Gasteiger partial charge is 0.448 e. The van der Waals surface area contributed by atoms with E-state index in [4.69, 9.17) is 22.1 Å². The second kappa shape index (κ2) is 8.85. The molecule has 0 aromatic heterocycles. The van der Waals surface area contributed by atoms with Gasteiger partial charge in [0.2, 0.25) is 0 Å². The van der Waals surface area contributed by atoms with Crippen LogP contribution in [0.1, 0.15) is 38.3 Å². The maximum atomic E-state index is 14.2. The number of nitrogens with zero attached hydrogens (tertiary/aromatic N) is 1. The van der Waals surface area contributed by atoms with Crippen molar-refractivity contribution >= 4 is 17.7 Å². The molecule has 0 saturated heterocycles. The molecule has 1 aromatic rings. The van der Waals surface area contributed by atoms with Crippen LogP contribution in [-0.2, 0) is 4.74 Å². The number of nitrogens with two attached hydrogens (primary N) is 1. The molecule has 6 heteroatoms. The zero-order chi connectivity index (χ0) is 15.8. The molecule has 1 unspecified atom stereocenters. The summed E-state index contributed by atoms with van der Waals surface area (Å²) in [6.07, 6.45) is 0.844. The highest BCUT2D eigenvalue weighted by molar-refractivity contribution is 6.30. The third-order valence-corrected chi connectivity index (χ3v) is 3.59. The summed E-state index contributed by atoms with van der Waals surface area (Å²) in [7, 11) is 0. The van der Waals surface area contributed by atoms with E-state index in [0.717, 1.165) is 19.4 Å². The van der Waals surface area contributed by atoms with Gasteiger partial charge in [-0.15, -0.1) is 0 Å². The van der Waals surface area contributed by atoms with Gasteiger partial charge in [0, 0.05) is 18.2 Å². The van der Waals surface area contributed by atoms with Gasteiger partial charge in [0.1, 0.15) is 12.4 Å². The van der Waals surface area contributed by atoms with Gasteiger partial charge in [-0.25, -0.2) is 9.18 Å². The number of carbonyl (C=O) groups excluding carboxylic acids is 1. The summed E-state index contributed by atoms with van der Waals surface area (Å²) in [5.41, 5.74) is 5.53. The van der Waals surface area contributed by atoms with Crippen molar-refractivity contribution in [3.63, 3.8) is 0 Å². The summed E-state index contributed by atoms with van der Waals surface area (Å²) in [6.45, 7) is 5.49. The number of rotatable bonds is 8. The zero-order valence-corrected chi connectivity index (χ0v) is 13.2. The Balaban J connectivity index is 2.90. The van der Waals surface area contributed by atoms with Crippen LogP contribution in [0, 0.1) is 5.82 Å². The first-order valence-electron chi connectivity index (χ1n) is 7.11. The molecule has 1 amide bonds. The van der Waals surface area contributed by atoms with Crippen LogP contribution in [0.3, 0.4) is 0 Å². The van der Waals surface area contributed by atoms with Crippen molar-refractivity contribution in [1.29, 1.82) is 0 Å². The molecule has 1 rings (SSSR count). The molecule has 0 bridgehead atoms. The first-order chi connectivity index (χ1) is 10.0. The highest BCUT2D eigenvalue weighted by Gasteiger charge is 2.22. The van der Waals surface area contributed by atoms with Crippen LogP contribution >= 0.6 is 11.6 Å². The lowest BCUT2D eigenvalue weighted by Gasteiger charge is -2.31. The van der Waals surface area contributed by atoms with Crippen molar-refractivity contribution < 1.29 is 13.9 Å². The SMILES string of the molecule is CCCN(CCOC(N)=O)C(CC)c1cccc(Cl)c1F. The minimum atomic E-state index is -0.798. The standard InChI is InChI=1S/C15H22ClFN2O2/c1-3-8-19(9-10-21-15(18)20)13(4-2)11-6-5-7-12(16)14(11)17/h5-7,13H,3-4,8-10H2,1-2H3,(H2,18,20). The Hall–Kier alpha value is -1.33. The summed E-state index contributed by atoms with van der Waals surface area (Å²) in [5.74, 6) is -0.386. The third kappa shape index (κ3) is 5.17. The predicted molar refractivity (Wildman–Crippen MR) is 81.8 cm³/mol. The molecular weight excluding hydrogens is 295 g/mol. The highest BCUT2D eigenvalue weighted by Crippen LogP contribution is 2.29. The van der Waals surface area contributed by atoms with Crippen molar-refractivity contribution in [2.45, 2.75) is 32.7 Å². The zero-order valence-electron chi connectivity index (χ0n) is 12.4. The van der Waals surface area contributed by atoms with Crippen LogP contribution in [0.2, 0.25) is 5.02 Å². The minimum Gasteiger partial charge on any atom is -0.448 e. The highest BCUT2D eigenvalue weighted by atomic mass is 35.5. The van der Waals surface area contributed by atoms with Gasteiger partial charge in [-0.2, -0.15) is 0 Å². The average Bonchev–Trinajstić information content (AvgIpc) is 2.43. The van der Waals surface area contributed by atoms with E-state index in [0.29, 0.717) is 12.1 Å². The Bertz CT molecular complexity index is 471. The van der Waals surface area contributed by atoms with E-state index < -0.39 is 6.09 Å². The van der Waals surface area contributed by atoms with Crippen molar-refractivity contribution in [3.8, 4) is 0 Å². The Morgan fingerprint density at radius 2 is 2.14 bits per heavy atom. The van der Waals surface area contributed by atoms with Gasteiger partial charge in [0.25, 0.3) is 0 Å². The third-order valence-electron chi connectivity index (χ3n) is 3.30. The van der Waals surface area contributed by atoms with Crippen LogP contribution < -0.4 is 5.73 Å². The average molecular weight is 317 g/mol. The quantitative estimate of drug-likeness (QED) is 0.795. The topological polar surface area (TPSA) is 55.6 Å². The summed E-state index contributed by atoms with van der Waals surface area (Å²) < 4.78 is 19.0. The number of benzene rings is 1. The Kier molecular flexibility index (Phi) is 7.47. The molecule has 118 valence electrons. The summed E-state index contributed by atoms with van der Waals surface area (Å²) in [4.78, 5) is 12.7. The maximum Gasteiger partial charge on any atom is 0.404 e. The van der Waals surface area contributed by atoms with Gasteiger partial charge < -0.3 is 10.5 Å². The van der Waals surface area contributed by atoms with Gasteiger partial charge in [-0.1, -0.05) is 37.6 Å². The Morgan fingerprint density at radius 3 is 2.71 bits per heavy atom. The Labute approximate surface area is 130 Å². The summed E-state index contributed by atoms with van der Waals surface area (Å²) in [6, 6.07) is 4.91. The number of halogens is 2. The van der Waals surface area contributed by atoms with E-state index in [1.165, 1.54) is 6.07 Å². The number of amides is 1. The van der Waals surface area contributed by atoms with Crippen LogP contribution in [0.25, 0.3) is 0 Å². The fourth-order valence-corrected chi connectivity index (χ4v) is 2.61. The number of hydrogen-bond donors (Lipinski definition) is 1. The molecule has 0 aliphatic carbocycles. The molecule has 4 nitrogen and oxygen atoms in total. The van der Waals surface area contributed by atoms with Crippen molar-refractivity contribution in [3.05, 3.63) is 34.6 Å². The molecule has 0 aliphatic heterocycles. The molecule has 0 aliphatic rings. The summed E-state index contributed by atoms with van der Waals surface area (Å²) >= 11 is 5.86. The summed E-state index contributed by atoms with van der Waals surface area (Å²) in [5, 5.41) is 0.121. The van der Waals surface area contributed by atoms with E-state index in [-0.39, 0.29) is 23.5 Å². The van der Waals surface area contributed by atoms with Gasteiger partial charge in [0.05, 0.1) is 5.02 Å². The number of ether oxygens (including phenoxy) is 1. The minimum absolute atomic E-state index is 0.111. The first-order valence-corrected chi connectivity index (χ1v) is 7.49. The molecule has 0 fully saturated rings. The van der Waals surface area contributed by atoms with Gasteiger partial charge in [-0.05, 0) is 25.5 Å². The smallest absolute Gasteiger partial charge is 0.404 e. The van der Waals surface area contributed by atoms with Gasteiger partial charge in [0.15, 0.2) is 0 Å². The first kappa shape index (κ1) is 17.7. The molecule has 1 aromatic carbocycles. The van der Waals surface area contributed by atoms with Gasteiger partial charge >= 0.3 is 6.09 Å². The molecule has 0 radical (unpaired) electrons. The molecular formula is C15H22ClFN2O2. The van der Waals surface area contributed by atoms with E-state index in [9.17, 15) is 9.18 Å². The normalized spacial score (nSPS) is 12.4. The van der Waals surface area contributed by atoms with Crippen LogP contribution in [0.15, 0.2) is 18.2 Å². The lowest BCUT2D eigenvalue weighted by molar-refractivity contribution is 0.115. The van der Waals surface area contributed by atoms with E-state index in [1.807, 2.05) is 13.8 Å². The second-order valence-corrected chi connectivity index (χ2v) is 5.18. The monoisotopic (exact) mass is 316 g/mol. The lowest BCUT2D eigenvalue weighted by Crippen LogP contribution is -2.34. The molecule has 21 heavy (non-hydrogen) atoms. The molecule has 1 atom stereocenters. The predicted octanol–water partition coefficient (Wildman–Crippen LogP) is 3.74. The van der Waals surface area contributed by atoms with Crippen LogP contribution in [-0.4, -0.2) is 30.7 Å². The van der Waals surface area contributed by atoms with E-state index >= 15 is 0 Å². The maximum absolute atomic E-state index is 14.2. The fourth-order valence-electron chi connectivity index (χ4n) is 2.43. The van der Waals surface area contributed by atoms with Gasteiger partial charge in [-0.3, -0.25) is 4.90 Å². The van der Waals surface area contributed by atoms with E-state index in [1.54, 1.807) is 12.1 Å². The fraction of sp³-hybridized carbons (Fsp3) is 0.533. The van der Waals surface area contributed by atoms with Crippen molar-refractivity contribution in [2.24, 2.45) is 5.73 Å². The molecule has 0 spiro atoms. The van der Waals surface area contributed by atoms with E-state index in [2.05, 4.69) is 4.90 Å². The Morgan fingerprint density at radius 1 is 1.43 bits per heavy atom. The molecule has 0 saturated carbocycles. The molecule has 2 N–H and O–H groups in total. The second-order valence-electron chi connectivity index (χ2n) is 4.77. The van der Waals surface area contributed by atoms with Crippen molar-refractivity contribution in [2.75, 3.05) is 19.7 Å². The van der Waals surface area contributed by atoms with Crippen LogP contribution in [0.4, 0.5) is 9.18 Å². The number of hydrogen-bond acceptors (Lipinski definition) is 3. The number of primary amides is 1. The molecule has 0 heterocycles. The van der Waals surface area contributed by atoms with Crippen LogP contribution in [0.5, 0.6) is 0 Å².